The van der Waals surface area contributed by atoms with Gasteiger partial charge in [0.25, 0.3) is 0 Å². The molecule has 2 aromatic carbocycles. The molecule has 2 aliphatic rings. The largest absolute Gasteiger partial charge is 2.00 e. The van der Waals surface area contributed by atoms with Gasteiger partial charge in [0.05, 0.1) is 22.8 Å². The summed E-state index contributed by atoms with van der Waals surface area (Å²) in [6, 6.07) is 24.5. The van der Waals surface area contributed by atoms with E-state index in [0.717, 1.165) is 72.7 Å². The molecule has 0 unspecified atom stereocenters. The number of nitrogens with zero attached hydrogens (tertiary/aromatic N) is 4. The van der Waals surface area contributed by atoms with E-state index in [2.05, 4.69) is 181 Å². The van der Waals surface area contributed by atoms with Gasteiger partial charge in [-0.2, -0.15) is 0 Å². The van der Waals surface area contributed by atoms with Crippen molar-refractivity contribution in [3.8, 4) is 22.3 Å². The number of fused-ring (bicyclic) bond motifs is 8. The Hall–Kier alpha value is -4.73. The molecule has 0 spiro atoms. The summed E-state index contributed by atoms with van der Waals surface area (Å²) in [6.07, 6.45) is 10.3. The maximum absolute atomic E-state index is 5.31. The smallest absolute Gasteiger partial charge is 0.657 e. The first kappa shape index (κ1) is 40.0. The molecule has 0 aliphatic carbocycles. The second kappa shape index (κ2) is 14.1. The molecule has 0 saturated heterocycles. The molecule has 5 heterocycles. The van der Waals surface area contributed by atoms with Gasteiger partial charge >= 0.3 is 16.5 Å². The zero-order valence-electron chi connectivity index (χ0n) is 34.5. The van der Waals surface area contributed by atoms with Crippen LogP contribution in [0.15, 0.2) is 73.3 Å². The molecule has 0 saturated carbocycles. The van der Waals surface area contributed by atoms with Crippen molar-refractivity contribution >= 4 is 52.4 Å². The Kier molecular flexibility index (Phi) is 10.2. The zero-order chi connectivity index (χ0) is 39.0. The third-order valence-corrected chi connectivity index (χ3v) is 10.6. The maximum Gasteiger partial charge on any atom is 2.00 e. The Morgan fingerprint density at radius 2 is 0.891 bits per heavy atom. The van der Waals surface area contributed by atoms with Crippen LogP contribution in [0.4, 0.5) is 0 Å². The summed E-state index contributed by atoms with van der Waals surface area (Å²) in [6.45, 7) is 31.5. The van der Waals surface area contributed by atoms with Crippen molar-refractivity contribution in [2.75, 3.05) is 0 Å². The molecular weight excluding hydrogens is 715 g/mol. The molecule has 0 N–H and O–H groups in total. The molecule has 4 nitrogen and oxygen atoms in total. The van der Waals surface area contributed by atoms with Crippen LogP contribution in [-0.2, 0) is 38.2 Å². The monoisotopic (exact) mass is 768 g/mol. The molecule has 5 aromatic rings. The van der Waals surface area contributed by atoms with Crippen LogP contribution >= 0.6 is 0 Å². The van der Waals surface area contributed by atoms with Gasteiger partial charge < -0.3 is 9.97 Å². The van der Waals surface area contributed by atoms with Crippen LogP contribution < -0.4 is 9.97 Å². The van der Waals surface area contributed by atoms with Crippen molar-refractivity contribution in [1.82, 2.24) is 19.9 Å². The van der Waals surface area contributed by atoms with Crippen LogP contribution in [0.1, 0.15) is 134 Å². The van der Waals surface area contributed by atoms with E-state index in [-0.39, 0.29) is 38.2 Å². The third-order valence-electron chi connectivity index (χ3n) is 10.6. The van der Waals surface area contributed by atoms with Gasteiger partial charge in [0, 0.05) is 0 Å². The van der Waals surface area contributed by atoms with Crippen LogP contribution in [0.25, 0.3) is 74.7 Å². The summed E-state index contributed by atoms with van der Waals surface area (Å²) < 4.78 is 0. The molecule has 0 atom stereocenters. The van der Waals surface area contributed by atoms with Crippen molar-refractivity contribution in [3.05, 3.63) is 124 Å². The predicted molar refractivity (Wildman–Crippen MR) is 233 cm³/mol. The average molecular weight is 770 g/mol. The van der Waals surface area contributed by atoms with Gasteiger partial charge in [0.15, 0.2) is 0 Å². The van der Waals surface area contributed by atoms with Crippen molar-refractivity contribution in [1.29, 1.82) is 0 Å². The maximum atomic E-state index is 5.31. The van der Waals surface area contributed by atoms with E-state index < -0.39 is 0 Å². The van der Waals surface area contributed by atoms with E-state index in [9.17, 15) is 0 Å². The third kappa shape index (κ3) is 8.01. The molecule has 7 rings (SSSR count). The Morgan fingerprint density at radius 3 is 1.38 bits per heavy atom. The van der Waals surface area contributed by atoms with Crippen molar-refractivity contribution < 1.29 is 16.5 Å². The molecule has 284 valence electrons. The number of rotatable bonds is 3. The van der Waals surface area contributed by atoms with Crippen LogP contribution in [0.5, 0.6) is 0 Å². The topological polar surface area (TPSA) is 54.0 Å². The fourth-order valence-electron chi connectivity index (χ4n) is 7.12. The van der Waals surface area contributed by atoms with Crippen molar-refractivity contribution in [2.24, 2.45) is 0 Å². The van der Waals surface area contributed by atoms with E-state index in [1.165, 1.54) is 22.3 Å². The molecule has 0 amide bonds. The summed E-state index contributed by atoms with van der Waals surface area (Å²) in [5, 5.41) is 0. The van der Waals surface area contributed by atoms with Gasteiger partial charge in [-0.15, -0.1) is 22.1 Å². The molecular formula is C50H54N4Ni. The predicted octanol–water partition coefficient (Wildman–Crippen LogP) is 13.1. The molecule has 0 radical (unpaired) electrons. The fourth-order valence-corrected chi connectivity index (χ4v) is 7.12. The van der Waals surface area contributed by atoms with Gasteiger partial charge in [0.2, 0.25) is 0 Å². The molecule has 55 heavy (non-hydrogen) atoms. The van der Waals surface area contributed by atoms with Gasteiger partial charge in [-0.1, -0.05) is 162 Å². The SMILES string of the molecule is C=Cc1c2nc(c(-c3cc(C(C)(C)C)cc(C(C)(C)C)c3)c3ccc(cc4nc(c(-c5cc(C(C)(C)C)cc(C(C)(C)C)c5)c5ccc1[n-]5)C=C4)[n-]3)C=C2.[Ni+2]. The van der Waals surface area contributed by atoms with Crippen molar-refractivity contribution in [2.45, 2.75) is 105 Å². The number of aromatic nitrogens is 4. The van der Waals surface area contributed by atoms with Gasteiger partial charge in [-0.05, 0) is 96.0 Å². The zero-order valence-corrected chi connectivity index (χ0v) is 35.5. The normalized spacial score (nSPS) is 13.2. The van der Waals surface area contributed by atoms with Crippen LogP contribution in [-0.4, -0.2) is 9.97 Å². The summed E-state index contributed by atoms with van der Waals surface area (Å²) >= 11 is 0. The first-order valence-corrected chi connectivity index (χ1v) is 19.2. The van der Waals surface area contributed by atoms with Gasteiger partial charge in [-0.25, -0.2) is 9.97 Å². The minimum atomic E-state index is -0.0395. The van der Waals surface area contributed by atoms with Crippen LogP contribution in [0.2, 0.25) is 0 Å². The molecule has 3 aromatic heterocycles. The van der Waals surface area contributed by atoms with E-state index in [4.69, 9.17) is 19.9 Å². The minimum Gasteiger partial charge on any atom is -0.657 e. The summed E-state index contributed by atoms with van der Waals surface area (Å²) in [4.78, 5) is 21.1. The van der Waals surface area contributed by atoms with E-state index in [1.54, 1.807) is 0 Å². The Bertz CT molecular complexity index is 2410. The van der Waals surface area contributed by atoms with Crippen LogP contribution in [0.3, 0.4) is 0 Å². The van der Waals surface area contributed by atoms with E-state index in [0.29, 0.717) is 0 Å². The fraction of sp³-hybridized carbons (Fsp3) is 0.320. The Balaban J connectivity index is 0.00000514. The van der Waals surface area contributed by atoms with Crippen LogP contribution in [0, 0.1) is 0 Å². The van der Waals surface area contributed by atoms with E-state index >= 15 is 0 Å². The second-order valence-electron chi connectivity index (χ2n) is 19.1. The number of benzene rings is 2. The Morgan fingerprint density at radius 1 is 0.473 bits per heavy atom. The van der Waals surface area contributed by atoms with Crippen molar-refractivity contribution in [3.63, 3.8) is 0 Å². The first-order valence-electron chi connectivity index (χ1n) is 19.2. The standard InChI is InChI=1S/C50H54N4.Ni/c1-14-38-39-19-21-43(53-39)45(30-23-32(47(2,3)4)27-33(24-30)48(5,6)7)41-17-15-36(51-41)29-37-16-18-42(52-37)46(44-22-20-40(38)54-44)31-25-34(49(8,9)10)28-35(26-31)50(11,12)13;/h14-29H,1H2,2-13H3;/q-2;+2. The quantitative estimate of drug-likeness (QED) is 0.168. The molecule has 5 heteroatoms. The Labute approximate surface area is 338 Å². The van der Waals surface area contributed by atoms with E-state index in [1.807, 2.05) is 6.08 Å². The summed E-state index contributed by atoms with van der Waals surface area (Å²) in [5.41, 5.74) is 16.9. The number of hydrogen-bond donors (Lipinski definition) is 0. The summed E-state index contributed by atoms with van der Waals surface area (Å²) in [5.74, 6) is 0. The minimum absolute atomic E-state index is 0. The first-order chi connectivity index (χ1) is 25.2. The molecule has 2 aliphatic heterocycles. The molecule has 8 bridgehead atoms. The van der Waals surface area contributed by atoms with Gasteiger partial charge in [0.1, 0.15) is 0 Å². The molecule has 0 fully saturated rings. The number of hydrogen-bond acceptors (Lipinski definition) is 2. The van der Waals surface area contributed by atoms with Gasteiger partial charge in [-0.3, -0.25) is 0 Å². The summed E-state index contributed by atoms with van der Waals surface area (Å²) in [7, 11) is 0. The second-order valence-corrected chi connectivity index (χ2v) is 19.1. The average Bonchev–Trinajstić information content (AvgIpc) is 3.90.